The molecule has 5 rings (SSSR count). The zero-order valence-corrected chi connectivity index (χ0v) is 20.4. The predicted octanol–water partition coefficient (Wildman–Crippen LogP) is 2.21. The van der Waals surface area contributed by atoms with E-state index in [1.54, 1.807) is 31.2 Å². The van der Waals surface area contributed by atoms with Crippen LogP contribution in [0.5, 0.6) is 0 Å². The third-order valence-corrected chi connectivity index (χ3v) is 9.20. The molecule has 2 fully saturated rings. The van der Waals surface area contributed by atoms with Crippen LogP contribution in [0.4, 0.5) is 4.79 Å². The van der Waals surface area contributed by atoms with Gasteiger partial charge in [0.15, 0.2) is 0 Å². The Bertz CT molecular complexity index is 1240. The van der Waals surface area contributed by atoms with Crippen molar-refractivity contribution in [1.29, 1.82) is 0 Å². The van der Waals surface area contributed by atoms with Crippen LogP contribution in [0.1, 0.15) is 35.6 Å². The van der Waals surface area contributed by atoms with E-state index in [-0.39, 0.29) is 17.5 Å². The van der Waals surface area contributed by atoms with E-state index >= 15 is 0 Å². The number of carbonyl (C=O) groups excluding carboxylic acids is 2. The second-order valence-corrected chi connectivity index (χ2v) is 11.5. The molecule has 1 unspecified atom stereocenters. The van der Waals surface area contributed by atoms with Gasteiger partial charge in [-0.1, -0.05) is 35.9 Å². The van der Waals surface area contributed by atoms with E-state index in [1.165, 1.54) is 20.3 Å². The number of rotatable bonds is 5. The van der Waals surface area contributed by atoms with Crippen LogP contribution in [0.2, 0.25) is 0 Å². The first-order chi connectivity index (χ1) is 16.2. The van der Waals surface area contributed by atoms with Crippen LogP contribution in [-0.4, -0.2) is 67.3 Å². The number of piperazine rings is 1. The number of sulfonamides is 1. The Morgan fingerprint density at radius 2 is 1.62 bits per heavy atom. The standard InChI is InChI=1S/C25H30N4O4S/c1-18-6-10-22(11-7-18)34(32,33)28-14-12-27(13-15-28)17-29-23(30)25(2,26-24(29)31)21-9-8-19-4-3-5-20(19)16-21/h6-11,16H,3-5,12-15,17H2,1-2H3,(H,26,31). The van der Waals surface area contributed by atoms with Crippen molar-refractivity contribution in [3.63, 3.8) is 0 Å². The molecule has 0 radical (unpaired) electrons. The molecular weight excluding hydrogens is 452 g/mol. The van der Waals surface area contributed by atoms with Crippen molar-refractivity contribution in [2.45, 2.75) is 43.5 Å². The molecule has 2 heterocycles. The van der Waals surface area contributed by atoms with Crippen molar-refractivity contribution in [3.8, 4) is 0 Å². The largest absolute Gasteiger partial charge is 0.326 e. The summed E-state index contributed by atoms with van der Waals surface area (Å²) in [4.78, 5) is 29.6. The van der Waals surface area contributed by atoms with E-state index in [0.29, 0.717) is 26.2 Å². The van der Waals surface area contributed by atoms with Crippen molar-refractivity contribution in [2.24, 2.45) is 0 Å². The molecule has 1 aliphatic carbocycles. The normalized spacial score (nSPS) is 23.9. The lowest BCUT2D eigenvalue weighted by Gasteiger charge is -2.35. The van der Waals surface area contributed by atoms with Gasteiger partial charge in [-0.2, -0.15) is 4.31 Å². The molecule has 3 amide bonds. The fraction of sp³-hybridized carbons (Fsp3) is 0.440. The summed E-state index contributed by atoms with van der Waals surface area (Å²) in [6.45, 7) is 5.32. The van der Waals surface area contributed by atoms with Crippen LogP contribution in [-0.2, 0) is 33.2 Å². The molecule has 2 aromatic carbocycles. The average Bonchev–Trinajstić information content (AvgIpc) is 3.38. The number of hydrogen-bond donors (Lipinski definition) is 1. The summed E-state index contributed by atoms with van der Waals surface area (Å²) in [7, 11) is -3.56. The smallest absolute Gasteiger partial charge is 0.319 e. The van der Waals surface area contributed by atoms with Gasteiger partial charge in [0.25, 0.3) is 5.91 Å². The lowest BCUT2D eigenvalue weighted by atomic mass is 9.90. The quantitative estimate of drug-likeness (QED) is 0.660. The summed E-state index contributed by atoms with van der Waals surface area (Å²) in [6, 6.07) is 12.5. The maximum atomic E-state index is 13.4. The van der Waals surface area contributed by atoms with Crippen LogP contribution in [0.25, 0.3) is 0 Å². The minimum absolute atomic E-state index is 0.142. The lowest BCUT2D eigenvalue weighted by molar-refractivity contribution is -0.132. The second-order valence-electron chi connectivity index (χ2n) is 9.60. The van der Waals surface area contributed by atoms with Gasteiger partial charge in [0.05, 0.1) is 11.6 Å². The molecular formula is C25H30N4O4S. The van der Waals surface area contributed by atoms with Gasteiger partial charge < -0.3 is 5.32 Å². The summed E-state index contributed by atoms with van der Waals surface area (Å²) >= 11 is 0. The van der Waals surface area contributed by atoms with Crippen molar-refractivity contribution >= 4 is 22.0 Å². The molecule has 9 heteroatoms. The molecule has 0 spiro atoms. The highest BCUT2D eigenvalue weighted by atomic mass is 32.2. The van der Waals surface area contributed by atoms with Crippen molar-refractivity contribution in [3.05, 3.63) is 64.7 Å². The van der Waals surface area contributed by atoms with Gasteiger partial charge in [0.1, 0.15) is 5.54 Å². The van der Waals surface area contributed by atoms with Gasteiger partial charge in [0, 0.05) is 26.2 Å². The van der Waals surface area contributed by atoms with E-state index in [9.17, 15) is 18.0 Å². The molecule has 1 N–H and O–H groups in total. The van der Waals surface area contributed by atoms with E-state index in [2.05, 4.69) is 17.4 Å². The van der Waals surface area contributed by atoms with E-state index in [0.717, 1.165) is 30.4 Å². The Kier molecular flexibility index (Phi) is 5.74. The van der Waals surface area contributed by atoms with Gasteiger partial charge in [-0.15, -0.1) is 0 Å². The maximum absolute atomic E-state index is 13.4. The summed E-state index contributed by atoms with van der Waals surface area (Å²) in [5, 5.41) is 2.89. The molecule has 34 heavy (non-hydrogen) atoms. The van der Waals surface area contributed by atoms with Crippen LogP contribution in [0, 0.1) is 6.92 Å². The summed E-state index contributed by atoms with van der Waals surface area (Å²) in [5.74, 6) is -0.273. The Morgan fingerprint density at radius 1 is 0.941 bits per heavy atom. The first-order valence-electron chi connectivity index (χ1n) is 11.7. The number of aryl methyl sites for hydroxylation is 3. The van der Waals surface area contributed by atoms with Gasteiger partial charge in [-0.25, -0.2) is 18.1 Å². The summed E-state index contributed by atoms with van der Waals surface area (Å²) < 4.78 is 27.4. The Balaban J connectivity index is 1.25. The SMILES string of the molecule is Cc1ccc(S(=O)(=O)N2CCN(CN3C(=O)NC(C)(c4ccc5c(c4)CCC5)C3=O)CC2)cc1. The highest BCUT2D eigenvalue weighted by Crippen LogP contribution is 2.33. The molecule has 1 atom stereocenters. The fourth-order valence-electron chi connectivity index (χ4n) is 5.07. The van der Waals surface area contributed by atoms with Crippen LogP contribution in [0.3, 0.4) is 0 Å². The van der Waals surface area contributed by atoms with Crippen LogP contribution in [0.15, 0.2) is 47.4 Å². The first-order valence-corrected chi connectivity index (χ1v) is 13.2. The number of amides is 3. The van der Waals surface area contributed by atoms with E-state index in [1.807, 2.05) is 17.9 Å². The summed E-state index contributed by atoms with van der Waals surface area (Å²) in [6.07, 6.45) is 3.18. The molecule has 0 aromatic heterocycles. The molecule has 2 aromatic rings. The van der Waals surface area contributed by atoms with Crippen molar-refractivity contribution in [1.82, 2.24) is 19.4 Å². The fourth-order valence-corrected chi connectivity index (χ4v) is 6.50. The topological polar surface area (TPSA) is 90.0 Å². The third-order valence-electron chi connectivity index (χ3n) is 7.28. The lowest BCUT2D eigenvalue weighted by Crippen LogP contribution is -2.52. The number of benzene rings is 2. The molecule has 2 aliphatic heterocycles. The minimum atomic E-state index is -3.56. The third kappa shape index (κ3) is 3.91. The molecule has 0 saturated carbocycles. The van der Waals surface area contributed by atoms with Gasteiger partial charge >= 0.3 is 6.03 Å². The molecule has 3 aliphatic rings. The number of hydrogen-bond acceptors (Lipinski definition) is 5. The average molecular weight is 483 g/mol. The summed E-state index contributed by atoms with van der Waals surface area (Å²) in [5.41, 5.74) is 3.29. The molecule has 8 nitrogen and oxygen atoms in total. The number of fused-ring (bicyclic) bond motifs is 1. The second kappa shape index (κ2) is 8.48. The number of carbonyl (C=O) groups is 2. The number of nitrogens with zero attached hydrogens (tertiary/aromatic N) is 3. The predicted molar refractivity (Wildman–Crippen MR) is 128 cm³/mol. The van der Waals surface area contributed by atoms with Crippen LogP contribution >= 0.6 is 0 Å². The van der Waals surface area contributed by atoms with Crippen molar-refractivity contribution in [2.75, 3.05) is 32.8 Å². The Labute approximate surface area is 200 Å². The Morgan fingerprint density at radius 3 is 2.32 bits per heavy atom. The van der Waals surface area contributed by atoms with Crippen molar-refractivity contribution < 1.29 is 18.0 Å². The molecule has 0 bridgehead atoms. The van der Waals surface area contributed by atoms with E-state index < -0.39 is 21.6 Å². The van der Waals surface area contributed by atoms with Crippen LogP contribution < -0.4 is 5.32 Å². The number of urea groups is 1. The number of nitrogens with one attached hydrogen (secondary N) is 1. The highest BCUT2D eigenvalue weighted by molar-refractivity contribution is 7.89. The highest BCUT2D eigenvalue weighted by Gasteiger charge is 2.49. The molecule has 2 saturated heterocycles. The van der Waals surface area contributed by atoms with Gasteiger partial charge in [-0.3, -0.25) is 9.69 Å². The van der Waals surface area contributed by atoms with Gasteiger partial charge in [-0.05, 0) is 61.9 Å². The zero-order valence-electron chi connectivity index (χ0n) is 19.6. The van der Waals surface area contributed by atoms with Gasteiger partial charge in [0.2, 0.25) is 10.0 Å². The maximum Gasteiger partial charge on any atom is 0.326 e. The molecule has 180 valence electrons. The zero-order chi connectivity index (χ0) is 24.1. The minimum Gasteiger partial charge on any atom is -0.319 e. The number of imide groups is 1. The van der Waals surface area contributed by atoms with E-state index in [4.69, 9.17) is 0 Å². The monoisotopic (exact) mass is 482 g/mol. The Hall–Kier alpha value is -2.75. The first kappa shape index (κ1) is 23.0.